The average molecular weight is 554 g/mol. The smallest absolute Gasteiger partial charge is 0.240 e. The van der Waals surface area contributed by atoms with Gasteiger partial charge in [-0.3, -0.25) is 14.6 Å². The van der Waals surface area contributed by atoms with E-state index in [9.17, 15) is 10.1 Å². The Bertz CT molecular complexity index is 1220. The standard InChI is InChI=1S/C31H35N5O.2C2H6/c1-33(22-25-10-4-2-5-11-25)28-20-30(36(24-28)23-26-12-6-3-7-13-26)31(37)35-18-16-34(17-19-35)29-15-9-8-14-27(29)21-32;2*1-2/h2-15,28,30H,16-20,22-24H2,1H3;2*1-2H3/t28-,30-;;/m0../s1. The topological polar surface area (TPSA) is 53.8 Å². The molecule has 0 spiro atoms. The van der Waals surface area contributed by atoms with Gasteiger partial charge in [-0.1, -0.05) is 100 Å². The third-order valence-corrected chi connectivity index (χ3v) is 7.75. The number of rotatable bonds is 7. The number of likely N-dealkylation sites (tertiary alicyclic amines) is 1. The minimum atomic E-state index is -0.124. The van der Waals surface area contributed by atoms with Crippen LogP contribution < -0.4 is 4.90 Å². The minimum Gasteiger partial charge on any atom is -0.367 e. The van der Waals surface area contributed by atoms with Gasteiger partial charge in [-0.2, -0.15) is 5.26 Å². The molecule has 2 saturated heterocycles. The zero-order valence-corrected chi connectivity index (χ0v) is 25.5. The zero-order chi connectivity index (χ0) is 29.6. The molecule has 0 N–H and O–H groups in total. The van der Waals surface area contributed by atoms with Gasteiger partial charge in [0.05, 0.1) is 17.3 Å². The molecule has 6 nitrogen and oxygen atoms in total. The fourth-order valence-corrected chi connectivity index (χ4v) is 5.67. The van der Waals surface area contributed by atoms with Crippen LogP contribution in [0.3, 0.4) is 0 Å². The van der Waals surface area contributed by atoms with Gasteiger partial charge in [0, 0.05) is 51.9 Å². The van der Waals surface area contributed by atoms with Gasteiger partial charge in [-0.25, -0.2) is 0 Å². The first-order valence-corrected chi connectivity index (χ1v) is 15.2. The van der Waals surface area contributed by atoms with E-state index >= 15 is 0 Å². The molecule has 41 heavy (non-hydrogen) atoms. The predicted molar refractivity (Wildman–Crippen MR) is 170 cm³/mol. The maximum absolute atomic E-state index is 13.9. The summed E-state index contributed by atoms with van der Waals surface area (Å²) < 4.78 is 0. The molecule has 5 rings (SSSR count). The number of hydrogen-bond donors (Lipinski definition) is 0. The van der Waals surface area contributed by atoms with Crippen molar-refractivity contribution in [3.8, 4) is 6.07 Å². The van der Waals surface area contributed by atoms with Gasteiger partial charge in [-0.05, 0) is 36.7 Å². The SMILES string of the molecule is CC.CC.CN(Cc1ccccc1)[C@H]1C[C@@H](C(=O)N2CCN(c3ccccc3C#N)CC2)N(Cc2ccccc2)C1. The predicted octanol–water partition coefficient (Wildman–Crippen LogP) is 6.03. The summed E-state index contributed by atoms with van der Waals surface area (Å²) >= 11 is 0. The van der Waals surface area contributed by atoms with Crippen LogP contribution in [0.25, 0.3) is 0 Å². The Morgan fingerprint density at radius 3 is 2.00 bits per heavy atom. The van der Waals surface area contributed by atoms with Crippen molar-refractivity contribution in [3.05, 3.63) is 102 Å². The molecule has 0 aromatic heterocycles. The molecule has 3 aromatic rings. The monoisotopic (exact) mass is 553 g/mol. The second-order valence-electron chi connectivity index (χ2n) is 10.2. The number of nitriles is 1. The number of carbonyl (C=O) groups is 1. The summed E-state index contributed by atoms with van der Waals surface area (Å²) in [5, 5.41) is 9.50. The molecular weight excluding hydrogens is 506 g/mol. The van der Waals surface area contributed by atoms with Crippen LogP contribution in [0.1, 0.15) is 50.8 Å². The molecule has 0 bridgehead atoms. The van der Waals surface area contributed by atoms with E-state index in [2.05, 4.69) is 76.3 Å². The molecule has 2 fully saturated rings. The lowest BCUT2D eigenvalue weighted by molar-refractivity contribution is -0.136. The van der Waals surface area contributed by atoms with E-state index in [1.807, 2.05) is 69.0 Å². The maximum Gasteiger partial charge on any atom is 0.240 e. The first kappa shape index (κ1) is 31.9. The molecule has 2 heterocycles. The van der Waals surface area contributed by atoms with Crippen LogP contribution in [-0.2, 0) is 17.9 Å². The van der Waals surface area contributed by atoms with Crippen molar-refractivity contribution in [2.75, 3.05) is 44.7 Å². The number of likely N-dealkylation sites (N-methyl/N-ethyl adjacent to an activating group) is 1. The van der Waals surface area contributed by atoms with E-state index in [1.54, 1.807) is 0 Å². The normalized spacial score (nSPS) is 18.6. The first-order valence-electron chi connectivity index (χ1n) is 15.2. The highest BCUT2D eigenvalue weighted by atomic mass is 16.2. The number of nitrogens with zero attached hydrogens (tertiary/aromatic N) is 5. The molecule has 218 valence electrons. The lowest BCUT2D eigenvalue weighted by Crippen LogP contribution is -2.53. The number of hydrogen-bond acceptors (Lipinski definition) is 5. The molecule has 0 unspecified atom stereocenters. The van der Waals surface area contributed by atoms with Crippen molar-refractivity contribution >= 4 is 11.6 Å². The zero-order valence-electron chi connectivity index (χ0n) is 25.5. The molecule has 2 aliphatic rings. The van der Waals surface area contributed by atoms with Crippen molar-refractivity contribution < 1.29 is 4.79 Å². The van der Waals surface area contributed by atoms with Crippen molar-refractivity contribution in [1.29, 1.82) is 5.26 Å². The Morgan fingerprint density at radius 1 is 0.829 bits per heavy atom. The van der Waals surface area contributed by atoms with Crippen LogP contribution in [-0.4, -0.2) is 72.5 Å². The Kier molecular flexibility index (Phi) is 12.9. The molecule has 2 aliphatic heterocycles. The first-order chi connectivity index (χ1) is 20.1. The lowest BCUT2D eigenvalue weighted by Gasteiger charge is -2.38. The molecule has 6 heteroatoms. The molecule has 0 radical (unpaired) electrons. The van der Waals surface area contributed by atoms with Crippen LogP contribution >= 0.6 is 0 Å². The fourth-order valence-electron chi connectivity index (χ4n) is 5.67. The van der Waals surface area contributed by atoms with Crippen molar-refractivity contribution in [3.63, 3.8) is 0 Å². The molecule has 1 amide bonds. The van der Waals surface area contributed by atoms with Gasteiger partial charge in [-0.15, -0.1) is 0 Å². The van der Waals surface area contributed by atoms with Gasteiger partial charge in [0.25, 0.3) is 0 Å². The number of carbonyl (C=O) groups excluding carboxylic acids is 1. The molecule has 0 saturated carbocycles. The average Bonchev–Trinajstić information content (AvgIpc) is 3.47. The van der Waals surface area contributed by atoms with Gasteiger partial charge in [0.15, 0.2) is 0 Å². The second kappa shape index (κ2) is 16.6. The van der Waals surface area contributed by atoms with Crippen LogP contribution in [0.4, 0.5) is 5.69 Å². The second-order valence-corrected chi connectivity index (χ2v) is 10.2. The van der Waals surface area contributed by atoms with Gasteiger partial charge in [0.2, 0.25) is 5.91 Å². The number of para-hydroxylation sites is 1. The van der Waals surface area contributed by atoms with Gasteiger partial charge in [0.1, 0.15) is 6.07 Å². The van der Waals surface area contributed by atoms with Crippen LogP contribution in [0.5, 0.6) is 0 Å². The summed E-state index contributed by atoms with van der Waals surface area (Å²) in [5.74, 6) is 0.236. The highest BCUT2D eigenvalue weighted by Gasteiger charge is 2.40. The third kappa shape index (κ3) is 8.42. The summed E-state index contributed by atoms with van der Waals surface area (Å²) in [6.07, 6.45) is 0.840. The summed E-state index contributed by atoms with van der Waals surface area (Å²) in [6, 6.07) is 31.2. The summed E-state index contributed by atoms with van der Waals surface area (Å²) in [5.41, 5.74) is 4.19. The highest BCUT2D eigenvalue weighted by molar-refractivity contribution is 5.82. The summed E-state index contributed by atoms with van der Waals surface area (Å²) in [4.78, 5) is 22.9. The lowest BCUT2D eigenvalue weighted by atomic mass is 10.1. The largest absolute Gasteiger partial charge is 0.367 e. The molecule has 2 atom stereocenters. The van der Waals surface area contributed by atoms with E-state index in [1.165, 1.54) is 11.1 Å². The summed E-state index contributed by atoms with van der Waals surface area (Å²) in [6.45, 7) is 13.4. The molecular formula is C35H47N5O. The van der Waals surface area contributed by atoms with E-state index in [4.69, 9.17) is 0 Å². The van der Waals surface area contributed by atoms with E-state index in [0.717, 1.165) is 44.8 Å². The van der Waals surface area contributed by atoms with Crippen molar-refractivity contribution in [1.82, 2.24) is 14.7 Å². The number of benzene rings is 3. The Morgan fingerprint density at radius 2 is 1.39 bits per heavy atom. The van der Waals surface area contributed by atoms with Gasteiger partial charge >= 0.3 is 0 Å². The maximum atomic E-state index is 13.9. The quantitative estimate of drug-likeness (QED) is 0.357. The third-order valence-electron chi connectivity index (χ3n) is 7.75. The number of piperazine rings is 1. The molecule has 3 aromatic carbocycles. The van der Waals surface area contributed by atoms with Crippen molar-refractivity contribution in [2.45, 2.75) is 59.3 Å². The number of anilines is 1. The van der Waals surface area contributed by atoms with E-state index < -0.39 is 0 Å². The van der Waals surface area contributed by atoms with Crippen LogP contribution in [0.15, 0.2) is 84.9 Å². The van der Waals surface area contributed by atoms with Crippen LogP contribution in [0.2, 0.25) is 0 Å². The van der Waals surface area contributed by atoms with E-state index in [0.29, 0.717) is 24.7 Å². The Labute approximate surface area is 247 Å². The van der Waals surface area contributed by atoms with Crippen molar-refractivity contribution in [2.24, 2.45) is 0 Å². The minimum absolute atomic E-state index is 0.124. The molecule has 0 aliphatic carbocycles. The summed E-state index contributed by atoms with van der Waals surface area (Å²) in [7, 11) is 2.18. The Hall–Kier alpha value is -3.66. The van der Waals surface area contributed by atoms with Gasteiger partial charge < -0.3 is 9.80 Å². The fraction of sp³-hybridized carbons (Fsp3) is 0.429. The van der Waals surface area contributed by atoms with Crippen LogP contribution in [0, 0.1) is 11.3 Å². The Balaban J connectivity index is 0.00000111. The van der Waals surface area contributed by atoms with E-state index in [-0.39, 0.29) is 11.9 Å². The number of amides is 1. The highest BCUT2D eigenvalue weighted by Crippen LogP contribution is 2.28.